The van der Waals surface area contributed by atoms with Gasteiger partial charge in [0.1, 0.15) is 5.82 Å². The van der Waals surface area contributed by atoms with Gasteiger partial charge in [0.25, 0.3) is 0 Å². The summed E-state index contributed by atoms with van der Waals surface area (Å²) in [6.07, 6.45) is 19.2. The quantitative estimate of drug-likeness (QED) is 0.0851. The third-order valence-corrected chi connectivity index (χ3v) is 18.2. The second kappa shape index (κ2) is 29.8. The number of benzene rings is 8. The molecule has 1 unspecified atom stereocenters. The molecule has 2 saturated carbocycles. The van der Waals surface area contributed by atoms with E-state index in [1.807, 2.05) is 24.3 Å². The maximum absolute atomic E-state index is 15.3. The summed E-state index contributed by atoms with van der Waals surface area (Å²) in [6, 6.07) is 31.4. The molecule has 3 aliphatic carbocycles. The third-order valence-electron chi connectivity index (χ3n) is 18.2. The molecule has 8 aromatic carbocycles. The van der Waals surface area contributed by atoms with Crippen LogP contribution in [0.3, 0.4) is 0 Å². The molecule has 11 rings (SSSR count). The zero-order valence-electron chi connectivity index (χ0n) is 51.0. The van der Waals surface area contributed by atoms with Crippen LogP contribution in [0.4, 0.5) is 39.5 Å². The van der Waals surface area contributed by atoms with Crippen LogP contribution in [0.5, 0.6) is 17.2 Å². The number of hydrogen-bond donors (Lipinski definition) is 0. The van der Waals surface area contributed by atoms with Crippen LogP contribution in [0, 0.1) is 70.1 Å². The predicted octanol–water partition coefficient (Wildman–Crippen LogP) is 22.9. The van der Waals surface area contributed by atoms with E-state index in [9.17, 15) is 35.1 Å². The molecule has 0 radical (unpaired) electrons. The summed E-state index contributed by atoms with van der Waals surface area (Å²) < 4.78 is 146. The van der Waals surface area contributed by atoms with Gasteiger partial charge in [-0.15, -0.1) is 0 Å². The van der Waals surface area contributed by atoms with Crippen molar-refractivity contribution >= 4 is 21.5 Å². The smallest absolute Gasteiger partial charge is 0.201 e. The molecule has 0 saturated heterocycles. The molecule has 87 heavy (non-hydrogen) atoms. The van der Waals surface area contributed by atoms with Gasteiger partial charge in [-0.2, -0.15) is 13.2 Å². The number of aryl methyl sites for hydroxylation is 1. The van der Waals surface area contributed by atoms with Crippen molar-refractivity contribution in [2.45, 2.75) is 163 Å². The molecule has 1 atom stereocenters. The summed E-state index contributed by atoms with van der Waals surface area (Å²) in [5.41, 5.74) is 4.07. The lowest BCUT2D eigenvalue weighted by molar-refractivity contribution is 0.308. The largest absolute Gasteiger partial charge is 0.491 e. The Morgan fingerprint density at radius 2 is 0.759 bits per heavy atom. The Bertz CT molecular complexity index is 3660. The zero-order valence-corrected chi connectivity index (χ0v) is 51.0. The molecule has 3 nitrogen and oxygen atoms in total. The maximum Gasteiger partial charge on any atom is 0.201 e. The number of hydrogen-bond acceptors (Lipinski definition) is 3. The molecule has 8 aromatic rings. The second-order valence-electron chi connectivity index (χ2n) is 23.8. The minimum Gasteiger partial charge on any atom is -0.491 e. The van der Waals surface area contributed by atoms with Crippen LogP contribution in [0.1, 0.15) is 172 Å². The van der Waals surface area contributed by atoms with Crippen molar-refractivity contribution in [3.05, 3.63) is 184 Å². The first kappa shape index (κ1) is 64.5. The molecule has 0 N–H and O–H groups in total. The Morgan fingerprint density at radius 3 is 1.29 bits per heavy atom. The van der Waals surface area contributed by atoms with Gasteiger partial charge >= 0.3 is 0 Å². The van der Waals surface area contributed by atoms with Gasteiger partial charge in [-0.1, -0.05) is 120 Å². The monoisotopic (exact) mass is 1200 g/mol. The Morgan fingerprint density at radius 1 is 0.345 bits per heavy atom. The maximum atomic E-state index is 15.3. The van der Waals surface area contributed by atoms with E-state index >= 15 is 4.39 Å². The minimum atomic E-state index is -1.23. The highest BCUT2D eigenvalue weighted by atomic mass is 19.2. The van der Waals surface area contributed by atoms with E-state index in [0.29, 0.717) is 59.3 Å². The summed E-state index contributed by atoms with van der Waals surface area (Å²) in [6.45, 7) is 12.4. The molecule has 0 spiro atoms. The van der Waals surface area contributed by atoms with E-state index in [2.05, 4.69) is 45.0 Å². The fourth-order valence-electron chi connectivity index (χ4n) is 13.6. The van der Waals surface area contributed by atoms with Crippen molar-refractivity contribution < 1.29 is 53.7 Å². The topological polar surface area (TPSA) is 27.7 Å². The molecule has 0 aromatic heterocycles. The standard InChI is InChI=1S/C27H29F3O.C27H30F2O.C21H22F4O/c1-3-5-17-6-8-18(9-7-17)19-10-12-21-20(16-19)11-13-22(25(21)28)23-14-15-24(31-4-2)27(30)26(23)29;1-3-5-18-6-8-19(9-7-18)20-10-11-22-17-23(13-12-21(22)16-20)24-14-15-25(30-4-2)27(29)26(24)28;1-3-5-12-6-7-13-11-16(20(24)19(23)15(13)10-12)14-8-9-17(26-4-2)21(25)18(14)22/h10-18H,3-9H2,1-2H3;10-19H,3-9H2,1-2H3;8-9,11-12H,3-7,10H2,1-2H3. The summed E-state index contributed by atoms with van der Waals surface area (Å²) in [5, 5.41) is 3.42. The van der Waals surface area contributed by atoms with Crippen molar-refractivity contribution in [2.75, 3.05) is 19.8 Å². The van der Waals surface area contributed by atoms with Crippen LogP contribution in [0.2, 0.25) is 0 Å². The lowest BCUT2D eigenvalue weighted by Crippen LogP contribution is -2.17. The van der Waals surface area contributed by atoms with E-state index in [-0.39, 0.29) is 58.3 Å². The summed E-state index contributed by atoms with van der Waals surface area (Å²) in [4.78, 5) is 0. The molecule has 0 heterocycles. The van der Waals surface area contributed by atoms with Gasteiger partial charge in [0.05, 0.1) is 19.8 Å². The molecule has 2 fully saturated rings. The zero-order chi connectivity index (χ0) is 61.9. The van der Waals surface area contributed by atoms with Gasteiger partial charge in [-0.25, -0.2) is 26.3 Å². The highest BCUT2D eigenvalue weighted by Gasteiger charge is 2.29. The normalized spacial score (nSPS) is 18.3. The fourth-order valence-corrected chi connectivity index (χ4v) is 13.6. The Balaban J connectivity index is 0.000000156. The Hall–Kier alpha value is -6.95. The summed E-state index contributed by atoms with van der Waals surface area (Å²) in [5.74, 6) is -6.19. The third kappa shape index (κ3) is 14.6. The molecule has 0 amide bonds. The Kier molecular flexibility index (Phi) is 22.1. The van der Waals surface area contributed by atoms with Crippen LogP contribution in [-0.4, -0.2) is 19.8 Å². The highest BCUT2D eigenvalue weighted by Crippen LogP contribution is 2.43. The van der Waals surface area contributed by atoms with Gasteiger partial charge in [-0.3, -0.25) is 0 Å². The SMILES string of the molecule is CCCC1CCC(c2ccc3c(F)c(-c4ccc(OCC)c(F)c4F)ccc3c2)CC1.CCCC1CCC(c2ccc3cc(-c4ccc(OCC)c(F)c4F)ccc3c2)CC1.CCCC1CCc2cc(-c3ccc(OCC)c(F)c3F)c(F)c(F)c2C1. The predicted molar refractivity (Wildman–Crippen MR) is 333 cm³/mol. The minimum absolute atomic E-state index is 0.0437. The van der Waals surface area contributed by atoms with Gasteiger partial charge in [0.15, 0.2) is 46.3 Å². The van der Waals surface area contributed by atoms with E-state index in [1.165, 1.54) is 131 Å². The number of rotatable bonds is 17. The molecule has 462 valence electrons. The fraction of sp³-hybridized carbons (Fsp3) is 0.413. The van der Waals surface area contributed by atoms with Crippen LogP contribution < -0.4 is 14.2 Å². The van der Waals surface area contributed by atoms with E-state index in [1.54, 1.807) is 39.0 Å². The van der Waals surface area contributed by atoms with Crippen molar-refractivity contribution in [3.8, 4) is 50.6 Å². The van der Waals surface area contributed by atoms with Crippen LogP contribution >= 0.6 is 0 Å². The number of halogens is 9. The van der Waals surface area contributed by atoms with Crippen molar-refractivity contribution in [1.82, 2.24) is 0 Å². The van der Waals surface area contributed by atoms with Crippen molar-refractivity contribution in [2.24, 2.45) is 17.8 Å². The molecular formula is C75H81F9O3. The van der Waals surface area contributed by atoms with Crippen molar-refractivity contribution in [1.29, 1.82) is 0 Å². The molecule has 12 heteroatoms. The highest BCUT2D eigenvalue weighted by molar-refractivity contribution is 5.90. The van der Waals surface area contributed by atoms with Gasteiger partial charge in [0, 0.05) is 33.2 Å². The first-order chi connectivity index (χ1) is 42.1. The lowest BCUT2D eigenvalue weighted by Gasteiger charge is -2.28. The van der Waals surface area contributed by atoms with E-state index < -0.39 is 52.4 Å². The molecule has 0 bridgehead atoms. The van der Waals surface area contributed by atoms with Gasteiger partial charge < -0.3 is 14.2 Å². The van der Waals surface area contributed by atoms with E-state index in [4.69, 9.17) is 14.2 Å². The lowest BCUT2D eigenvalue weighted by atomic mass is 9.77. The van der Waals surface area contributed by atoms with Crippen LogP contribution in [0.25, 0.3) is 54.9 Å². The van der Waals surface area contributed by atoms with Crippen molar-refractivity contribution in [3.63, 3.8) is 0 Å². The first-order valence-electron chi connectivity index (χ1n) is 31.7. The Labute approximate surface area is 507 Å². The van der Waals surface area contributed by atoms with Crippen LogP contribution in [0.15, 0.2) is 109 Å². The number of ether oxygens (including phenoxy) is 3. The average Bonchev–Trinajstić information content (AvgIpc) is 1.86. The van der Waals surface area contributed by atoms with Gasteiger partial charge in [-0.05, 0) is 213 Å². The van der Waals surface area contributed by atoms with Crippen LogP contribution in [-0.2, 0) is 12.8 Å². The first-order valence-corrected chi connectivity index (χ1v) is 31.7. The second-order valence-corrected chi connectivity index (χ2v) is 23.8. The molecular weight excluding hydrogens is 1120 g/mol. The number of fused-ring (bicyclic) bond motifs is 3. The van der Waals surface area contributed by atoms with E-state index in [0.717, 1.165) is 47.3 Å². The average molecular weight is 1200 g/mol. The summed E-state index contributed by atoms with van der Waals surface area (Å²) in [7, 11) is 0. The summed E-state index contributed by atoms with van der Waals surface area (Å²) >= 11 is 0. The van der Waals surface area contributed by atoms with Gasteiger partial charge in [0.2, 0.25) is 17.5 Å². The molecule has 0 aliphatic heterocycles. The molecule has 3 aliphatic rings.